The molecule has 2 atom stereocenters. The number of aryl methyl sites for hydroxylation is 1. The van der Waals surface area contributed by atoms with Gasteiger partial charge in [-0.25, -0.2) is 0 Å². The number of benzene rings is 1. The molecule has 0 aromatic heterocycles. The number of hydrogen-bond acceptors (Lipinski definition) is 3. The Kier molecular flexibility index (Phi) is 4.84. The third-order valence-electron chi connectivity index (χ3n) is 4.43. The van der Waals surface area contributed by atoms with E-state index in [4.69, 9.17) is 10.5 Å². The summed E-state index contributed by atoms with van der Waals surface area (Å²) in [5.74, 6) is 0. The molecule has 0 spiro atoms. The van der Waals surface area contributed by atoms with Crippen molar-refractivity contribution in [3.05, 3.63) is 35.4 Å². The summed E-state index contributed by atoms with van der Waals surface area (Å²) >= 11 is 0. The zero-order valence-electron chi connectivity index (χ0n) is 13.2. The second kappa shape index (κ2) is 6.25. The molecule has 2 unspecified atom stereocenters. The highest BCUT2D eigenvalue weighted by molar-refractivity contribution is 5.30. The normalized spacial score (nSPS) is 22.4. The molecule has 1 heterocycles. The van der Waals surface area contributed by atoms with Gasteiger partial charge in [0, 0.05) is 18.1 Å². The molecule has 20 heavy (non-hydrogen) atoms. The molecule has 1 aliphatic heterocycles. The Morgan fingerprint density at radius 2 is 2.05 bits per heavy atom. The fourth-order valence-corrected chi connectivity index (χ4v) is 3.16. The molecule has 0 bridgehead atoms. The molecule has 112 valence electrons. The van der Waals surface area contributed by atoms with E-state index in [9.17, 15) is 0 Å². The van der Waals surface area contributed by atoms with Crippen molar-refractivity contribution in [2.24, 2.45) is 5.73 Å². The minimum Gasteiger partial charge on any atom is -0.378 e. The lowest BCUT2D eigenvalue weighted by Gasteiger charge is -2.48. The summed E-state index contributed by atoms with van der Waals surface area (Å²) in [4.78, 5) is 2.53. The monoisotopic (exact) mass is 276 g/mol. The molecule has 1 aliphatic rings. The Balaban J connectivity index is 2.40. The lowest BCUT2D eigenvalue weighted by atomic mass is 9.88. The standard InChI is InChI=1S/C17H28N2O/c1-5-15(18)16(14-9-7-6-8-13(14)2)19-10-11-20-12-17(19,3)4/h6-9,15-16H,5,10-12,18H2,1-4H3. The molecule has 3 heteroatoms. The molecule has 1 aromatic carbocycles. The minimum atomic E-state index is 0.0258. The van der Waals surface area contributed by atoms with Crippen LogP contribution in [0.2, 0.25) is 0 Å². The fourth-order valence-electron chi connectivity index (χ4n) is 3.16. The van der Waals surface area contributed by atoms with Crippen LogP contribution in [-0.2, 0) is 4.74 Å². The van der Waals surface area contributed by atoms with Gasteiger partial charge in [0.25, 0.3) is 0 Å². The highest BCUT2D eigenvalue weighted by Crippen LogP contribution is 2.34. The Morgan fingerprint density at radius 1 is 1.35 bits per heavy atom. The maximum atomic E-state index is 6.49. The van der Waals surface area contributed by atoms with Crippen molar-refractivity contribution in [2.45, 2.75) is 51.7 Å². The molecule has 0 amide bonds. The van der Waals surface area contributed by atoms with Crippen molar-refractivity contribution < 1.29 is 4.74 Å². The van der Waals surface area contributed by atoms with Crippen molar-refractivity contribution in [3.63, 3.8) is 0 Å². The maximum absolute atomic E-state index is 6.49. The van der Waals surface area contributed by atoms with E-state index >= 15 is 0 Å². The van der Waals surface area contributed by atoms with Crippen molar-refractivity contribution in [3.8, 4) is 0 Å². The van der Waals surface area contributed by atoms with Crippen molar-refractivity contribution >= 4 is 0 Å². The molecule has 3 nitrogen and oxygen atoms in total. The third kappa shape index (κ3) is 3.05. The van der Waals surface area contributed by atoms with Gasteiger partial charge in [-0.2, -0.15) is 0 Å². The van der Waals surface area contributed by atoms with Crippen LogP contribution in [0.15, 0.2) is 24.3 Å². The average Bonchev–Trinajstić information content (AvgIpc) is 2.42. The number of hydrogen-bond donors (Lipinski definition) is 1. The van der Waals surface area contributed by atoms with E-state index in [1.807, 2.05) is 0 Å². The first-order valence-electron chi connectivity index (χ1n) is 7.63. The van der Waals surface area contributed by atoms with Crippen LogP contribution in [0.4, 0.5) is 0 Å². The average molecular weight is 276 g/mol. The zero-order valence-corrected chi connectivity index (χ0v) is 13.2. The van der Waals surface area contributed by atoms with E-state index in [-0.39, 0.29) is 17.6 Å². The number of morpholine rings is 1. The Morgan fingerprint density at radius 3 is 2.65 bits per heavy atom. The van der Waals surface area contributed by atoms with Crippen LogP contribution >= 0.6 is 0 Å². The first kappa shape index (κ1) is 15.5. The molecule has 1 aromatic rings. The highest BCUT2D eigenvalue weighted by Gasteiger charge is 2.38. The predicted molar refractivity (Wildman–Crippen MR) is 83.8 cm³/mol. The minimum absolute atomic E-state index is 0.0258. The first-order chi connectivity index (χ1) is 9.47. The first-order valence-corrected chi connectivity index (χ1v) is 7.63. The van der Waals surface area contributed by atoms with Gasteiger partial charge in [-0.15, -0.1) is 0 Å². The Bertz CT molecular complexity index is 444. The summed E-state index contributed by atoms with van der Waals surface area (Å²) in [5.41, 5.74) is 9.19. The molecule has 0 saturated carbocycles. The second-order valence-corrected chi connectivity index (χ2v) is 6.43. The van der Waals surface area contributed by atoms with E-state index in [2.05, 4.69) is 56.9 Å². The summed E-state index contributed by atoms with van der Waals surface area (Å²) in [6, 6.07) is 9.02. The molecule has 1 fully saturated rings. The van der Waals surface area contributed by atoms with E-state index in [0.717, 1.165) is 26.2 Å². The number of ether oxygens (including phenoxy) is 1. The molecule has 1 saturated heterocycles. The quantitative estimate of drug-likeness (QED) is 0.919. The highest BCUT2D eigenvalue weighted by atomic mass is 16.5. The van der Waals surface area contributed by atoms with Crippen LogP contribution in [0.25, 0.3) is 0 Å². The SMILES string of the molecule is CCC(N)C(c1ccccc1C)N1CCOCC1(C)C. The van der Waals surface area contributed by atoms with E-state index in [1.165, 1.54) is 11.1 Å². The van der Waals surface area contributed by atoms with Gasteiger partial charge in [-0.05, 0) is 38.3 Å². The van der Waals surface area contributed by atoms with Crippen LogP contribution < -0.4 is 5.73 Å². The van der Waals surface area contributed by atoms with Crippen LogP contribution in [0.3, 0.4) is 0 Å². The van der Waals surface area contributed by atoms with E-state index in [1.54, 1.807) is 0 Å². The molecule has 2 rings (SSSR count). The molecular formula is C17H28N2O. The number of nitrogens with two attached hydrogens (primary N) is 1. The van der Waals surface area contributed by atoms with Crippen LogP contribution in [0, 0.1) is 6.92 Å². The van der Waals surface area contributed by atoms with Crippen LogP contribution in [0.1, 0.15) is 44.4 Å². The molecule has 0 aliphatic carbocycles. The van der Waals surface area contributed by atoms with Gasteiger partial charge in [-0.3, -0.25) is 4.90 Å². The Labute approximate surface area is 123 Å². The van der Waals surface area contributed by atoms with Gasteiger partial charge in [0.05, 0.1) is 19.3 Å². The molecular weight excluding hydrogens is 248 g/mol. The van der Waals surface area contributed by atoms with Gasteiger partial charge < -0.3 is 10.5 Å². The van der Waals surface area contributed by atoms with E-state index < -0.39 is 0 Å². The Hall–Kier alpha value is -0.900. The topological polar surface area (TPSA) is 38.5 Å². The summed E-state index contributed by atoms with van der Waals surface area (Å²) in [6.07, 6.45) is 0.979. The van der Waals surface area contributed by atoms with Crippen molar-refractivity contribution in [1.82, 2.24) is 4.90 Å². The fraction of sp³-hybridized carbons (Fsp3) is 0.647. The van der Waals surface area contributed by atoms with Crippen LogP contribution in [-0.4, -0.2) is 36.2 Å². The zero-order chi connectivity index (χ0) is 14.8. The second-order valence-electron chi connectivity index (χ2n) is 6.43. The number of rotatable bonds is 4. The van der Waals surface area contributed by atoms with Gasteiger partial charge in [-0.1, -0.05) is 31.2 Å². The predicted octanol–water partition coefficient (Wildman–Crippen LogP) is 2.88. The summed E-state index contributed by atoms with van der Waals surface area (Å²) in [5, 5.41) is 0. The maximum Gasteiger partial charge on any atom is 0.0645 e. The lowest BCUT2D eigenvalue weighted by molar-refractivity contribution is -0.0778. The summed E-state index contributed by atoms with van der Waals surface area (Å²) in [6.45, 7) is 11.4. The third-order valence-corrected chi connectivity index (χ3v) is 4.43. The molecule has 0 radical (unpaired) electrons. The van der Waals surface area contributed by atoms with Crippen molar-refractivity contribution in [1.29, 1.82) is 0 Å². The van der Waals surface area contributed by atoms with Gasteiger partial charge >= 0.3 is 0 Å². The largest absolute Gasteiger partial charge is 0.378 e. The van der Waals surface area contributed by atoms with E-state index in [0.29, 0.717) is 0 Å². The summed E-state index contributed by atoms with van der Waals surface area (Å²) < 4.78 is 5.66. The van der Waals surface area contributed by atoms with Gasteiger partial charge in [0.2, 0.25) is 0 Å². The number of nitrogens with zero attached hydrogens (tertiary/aromatic N) is 1. The van der Waals surface area contributed by atoms with Crippen molar-refractivity contribution in [2.75, 3.05) is 19.8 Å². The molecule has 2 N–H and O–H groups in total. The summed E-state index contributed by atoms with van der Waals surface area (Å²) in [7, 11) is 0. The lowest BCUT2D eigenvalue weighted by Crippen LogP contribution is -2.57. The van der Waals surface area contributed by atoms with Gasteiger partial charge in [0.1, 0.15) is 0 Å². The van der Waals surface area contributed by atoms with Gasteiger partial charge in [0.15, 0.2) is 0 Å². The smallest absolute Gasteiger partial charge is 0.0645 e. The van der Waals surface area contributed by atoms with Crippen LogP contribution in [0.5, 0.6) is 0 Å².